The summed E-state index contributed by atoms with van der Waals surface area (Å²) in [4.78, 5) is 0. The van der Waals surface area contributed by atoms with Gasteiger partial charge in [0.05, 0.1) is 18.8 Å². The highest BCUT2D eigenvalue weighted by atomic mass is 35.5. The highest BCUT2D eigenvalue weighted by Gasteiger charge is 2.20. The van der Waals surface area contributed by atoms with Crippen molar-refractivity contribution in [3.63, 3.8) is 0 Å². The summed E-state index contributed by atoms with van der Waals surface area (Å²) in [5.41, 5.74) is 1.14. The van der Waals surface area contributed by atoms with E-state index in [9.17, 15) is 5.11 Å². The molecule has 14 heavy (non-hydrogen) atoms. The molecule has 0 aliphatic carbocycles. The van der Waals surface area contributed by atoms with E-state index in [1.807, 2.05) is 24.3 Å². The molecule has 3 heteroatoms. The first-order chi connectivity index (χ1) is 6.75. The molecular formula is C11H13ClO2. The van der Waals surface area contributed by atoms with Crippen LogP contribution in [-0.2, 0) is 4.74 Å². The zero-order valence-electron chi connectivity index (χ0n) is 7.82. The lowest BCUT2D eigenvalue weighted by Gasteiger charge is -2.26. The molecule has 1 fully saturated rings. The third-order valence-electron chi connectivity index (χ3n) is 2.49. The zero-order chi connectivity index (χ0) is 9.97. The van der Waals surface area contributed by atoms with Gasteiger partial charge in [0.1, 0.15) is 0 Å². The largest absolute Gasteiger partial charge is 0.391 e. The zero-order valence-corrected chi connectivity index (χ0v) is 8.57. The van der Waals surface area contributed by atoms with E-state index in [-0.39, 0.29) is 12.2 Å². The molecule has 0 radical (unpaired) electrons. The first-order valence-electron chi connectivity index (χ1n) is 4.81. The molecule has 1 heterocycles. The summed E-state index contributed by atoms with van der Waals surface area (Å²) in [6.07, 6.45) is 1.52. The fraction of sp³-hybridized carbons (Fsp3) is 0.455. The van der Waals surface area contributed by atoms with Crippen molar-refractivity contribution in [3.05, 3.63) is 34.9 Å². The number of halogens is 1. The molecule has 1 aromatic rings. The fourth-order valence-corrected chi connectivity index (χ4v) is 1.80. The van der Waals surface area contributed by atoms with Crippen molar-refractivity contribution in [2.75, 3.05) is 6.61 Å². The maximum absolute atomic E-state index is 9.27. The van der Waals surface area contributed by atoms with Crippen LogP contribution in [0.4, 0.5) is 0 Å². The van der Waals surface area contributed by atoms with Gasteiger partial charge in [0.2, 0.25) is 0 Å². The maximum Gasteiger partial charge on any atom is 0.0827 e. The molecule has 0 aromatic heterocycles. The molecule has 0 amide bonds. The van der Waals surface area contributed by atoms with Crippen LogP contribution in [0.3, 0.4) is 0 Å². The highest BCUT2D eigenvalue weighted by molar-refractivity contribution is 6.30. The normalized spacial score (nSPS) is 27.6. The molecule has 0 saturated carbocycles. The Morgan fingerprint density at radius 1 is 1.21 bits per heavy atom. The van der Waals surface area contributed by atoms with Crippen LogP contribution in [0.25, 0.3) is 0 Å². The van der Waals surface area contributed by atoms with Crippen LogP contribution in [0, 0.1) is 0 Å². The van der Waals surface area contributed by atoms with Gasteiger partial charge in [-0.25, -0.2) is 0 Å². The average molecular weight is 213 g/mol. The molecule has 2 nitrogen and oxygen atoms in total. The van der Waals surface area contributed by atoms with Gasteiger partial charge in [0.15, 0.2) is 0 Å². The number of aliphatic hydroxyl groups is 1. The van der Waals surface area contributed by atoms with Crippen molar-refractivity contribution in [1.29, 1.82) is 0 Å². The first kappa shape index (κ1) is 9.97. The third kappa shape index (κ3) is 2.27. The third-order valence-corrected chi connectivity index (χ3v) is 2.75. The van der Waals surface area contributed by atoms with Crippen LogP contribution in [0.5, 0.6) is 0 Å². The van der Waals surface area contributed by atoms with Crippen LogP contribution in [0.2, 0.25) is 5.02 Å². The molecule has 1 saturated heterocycles. The summed E-state index contributed by atoms with van der Waals surface area (Å²) in [7, 11) is 0. The molecule has 1 N–H and O–H groups in total. The van der Waals surface area contributed by atoms with Gasteiger partial charge in [-0.05, 0) is 30.5 Å². The minimum Gasteiger partial charge on any atom is -0.391 e. The van der Waals surface area contributed by atoms with Gasteiger partial charge in [0.25, 0.3) is 0 Å². The Hall–Kier alpha value is -0.570. The highest BCUT2D eigenvalue weighted by Crippen LogP contribution is 2.28. The SMILES string of the molecule is OC1CCC(c2ccc(Cl)cc2)OC1. The topological polar surface area (TPSA) is 29.5 Å². The van der Waals surface area contributed by atoms with E-state index in [4.69, 9.17) is 16.3 Å². The minimum absolute atomic E-state index is 0.121. The molecule has 1 aliphatic rings. The number of ether oxygens (including phenoxy) is 1. The van der Waals surface area contributed by atoms with E-state index < -0.39 is 0 Å². The Bertz CT molecular complexity index is 289. The van der Waals surface area contributed by atoms with Crippen molar-refractivity contribution in [3.8, 4) is 0 Å². The van der Waals surface area contributed by atoms with Gasteiger partial charge in [-0.3, -0.25) is 0 Å². The van der Waals surface area contributed by atoms with E-state index >= 15 is 0 Å². The van der Waals surface area contributed by atoms with Crippen molar-refractivity contribution in [1.82, 2.24) is 0 Å². The van der Waals surface area contributed by atoms with Gasteiger partial charge in [-0.1, -0.05) is 23.7 Å². The van der Waals surface area contributed by atoms with E-state index in [0.29, 0.717) is 6.61 Å². The number of rotatable bonds is 1. The smallest absolute Gasteiger partial charge is 0.0827 e. The van der Waals surface area contributed by atoms with Crippen LogP contribution in [0.1, 0.15) is 24.5 Å². The van der Waals surface area contributed by atoms with Gasteiger partial charge >= 0.3 is 0 Å². The van der Waals surface area contributed by atoms with E-state index in [0.717, 1.165) is 23.4 Å². The lowest BCUT2D eigenvalue weighted by molar-refractivity contribution is -0.0568. The Morgan fingerprint density at radius 2 is 1.93 bits per heavy atom. The molecule has 1 aromatic carbocycles. The predicted octanol–water partition coefficient (Wildman–Crippen LogP) is 2.55. The second-order valence-corrected chi connectivity index (χ2v) is 4.04. The summed E-state index contributed by atoms with van der Waals surface area (Å²) in [6.45, 7) is 0.438. The number of benzene rings is 1. The second-order valence-electron chi connectivity index (χ2n) is 3.60. The van der Waals surface area contributed by atoms with Crippen LogP contribution >= 0.6 is 11.6 Å². The quantitative estimate of drug-likeness (QED) is 0.776. The Morgan fingerprint density at radius 3 is 2.50 bits per heavy atom. The van der Waals surface area contributed by atoms with Crippen molar-refractivity contribution in [2.24, 2.45) is 0 Å². The Labute approximate surface area is 88.5 Å². The lowest BCUT2D eigenvalue weighted by Crippen LogP contribution is -2.24. The maximum atomic E-state index is 9.27. The van der Waals surface area contributed by atoms with Crippen molar-refractivity contribution < 1.29 is 9.84 Å². The Balaban J connectivity index is 2.05. The summed E-state index contributed by atoms with van der Waals surface area (Å²) in [6, 6.07) is 7.69. The van der Waals surface area contributed by atoms with Crippen LogP contribution in [-0.4, -0.2) is 17.8 Å². The molecule has 2 rings (SSSR count). The monoisotopic (exact) mass is 212 g/mol. The number of aliphatic hydroxyl groups excluding tert-OH is 1. The van der Waals surface area contributed by atoms with E-state index in [2.05, 4.69) is 0 Å². The fourth-order valence-electron chi connectivity index (χ4n) is 1.68. The molecule has 0 bridgehead atoms. The second kappa shape index (κ2) is 4.30. The summed E-state index contributed by atoms with van der Waals surface area (Å²) >= 11 is 5.79. The van der Waals surface area contributed by atoms with E-state index in [1.54, 1.807) is 0 Å². The van der Waals surface area contributed by atoms with Gasteiger partial charge in [-0.15, -0.1) is 0 Å². The molecule has 76 valence electrons. The first-order valence-corrected chi connectivity index (χ1v) is 5.18. The van der Waals surface area contributed by atoms with Gasteiger partial charge < -0.3 is 9.84 Å². The Kier molecular flexibility index (Phi) is 3.06. The van der Waals surface area contributed by atoms with Crippen LogP contribution < -0.4 is 0 Å². The summed E-state index contributed by atoms with van der Waals surface area (Å²) in [5.74, 6) is 0. The standard InChI is InChI=1S/C11H13ClO2/c12-9-3-1-8(2-4-9)11-6-5-10(13)7-14-11/h1-4,10-11,13H,5-7H2. The summed E-state index contributed by atoms with van der Waals surface area (Å²) in [5, 5.41) is 10.0. The van der Waals surface area contributed by atoms with Crippen LogP contribution in [0.15, 0.2) is 24.3 Å². The minimum atomic E-state index is -0.293. The lowest BCUT2D eigenvalue weighted by atomic mass is 10.0. The van der Waals surface area contributed by atoms with Crippen molar-refractivity contribution in [2.45, 2.75) is 25.0 Å². The summed E-state index contributed by atoms with van der Waals surface area (Å²) < 4.78 is 5.52. The van der Waals surface area contributed by atoms with Gasteiger partial charge in [0, 0.05) is 5.02 Å². The molecule has 2 atom stereocenters. The van der Waals surface area contributed by atoms with Crippen molar-refractivity contribution >= 4 is 11.6 Å². The number of hydrogen-bond acceptors (Lipinski definition) is 2. The number of hydrogen-bond donors (Lipinski definition) is 1. The average Bonchev–Trinajstić information content (AvgIpc) is 2.21. The molecular weight excluding hydrogens is 200 g/mol. The molecule has 0 spiro atoms. The van der Waals surface area contributed by atoms with E-state index in [1.165, 1.54) is 0 Å². The predicted molar refractivity (Wildman–Crippen MR) is 55.4 cm³/mol. The van der Waals surface area contributed by atoms with Gasteiger partial charge in [-0.2, -0.15) is 0 Å². The molecule has 1 aliphatic heterocycles. The molecule has 2 unspecified atom stereocenters.